The van der Waals surface area contributed by atoms with E-state index in [0.717, 1.165) is 28.2 Å². The summed E-state index contributed by atoms with van der Waals surface area (Å²) in [4.78, 5) is 12.4. The number of H-pyrrole nitrogens is 1. The molecule has 0 aliphatic rings. The molecule has 0 atom stereocenters. The first-order valence-corrected chi connectivity index (χ1v) is 10.3. The third-order valence-electron chi connectivity index (χ3n) is 5.02. The van der Waals surface area contributed by atoms with Crippen molar-refractivity contribution in [1.29, 1.82) is 0 Å². The Kier molecular flexibility index (Phi) is 6.41. The van der Waals surface area contributed by atoms with Gasteiger partial charge in [0.1, 0.15) is 18.1 Å². The van der Waals surface area contributed by atoms with E-state index in [0.29, 0.717) is 18.0 Å². The molecule has 3 aromatic carbocycles. The molecule has 1 heterocycles. The van der Waals surface area contributed by atoms with E-state index in [1.165, 1.54) is 5.56 Å². The molecule has 0 spiro atoms. The number of ether oxygens (including phenoxy) is 1. The number of carbonyl (C=O) groups excluding carboxylic acids is 1. The summed E-state index contributed by atoms with van der Waals surface area (Å²) in [6.45, 7) is 4.41. The number of hydrogen-bond acceptors (Lipinski definition) is 4. The van der Waals surface area contributed by atoms with Gasteiger partial charge >= 0.3 is 0 Å². The van der Waals surface area contributed by atoms with Crippen LogP contribution in [0.15, 0.2) is 90.0 Å². The monoisotopic (exact) mass is 424 g/mol. The Labute approximate surface area is 187 Å². The number of hydrazone groups is 1. The lowest BCUT2D eigenvalue weighted by Crippen LogP contribution is -2.19. The number of carbonyl (C=O) groups is 1. The highest BCUT2D eigenvalue weighted by molar-refractivity contribution is 6.00. The summed E-state index contributed by atoms with van der Waals surface area (Å²) in [5.74, 6) is 0.422. The largest absolute Gasteiger partial charge is 0.489 e. The van der Waals surface area contributed by atoms with Crippen LogP contribution in [0.2, 0.25) is 0 Å². The fraction of sp³-hybridized carbons (Fsp3) is 0.115. The van der Waals surface area contributed by atoms with Crippen molar-refractivity contribution in [2.45, 2.75) is 20.5 Å². The van der Waals surface area contributed by atoms with Crippen LogP contribution < -0.4 is 10.2 Å². The fourth-order valence-electron chi connectivity index (χ4n) is 3.10. The van der Waals surface area contributed by atoms with Crippen molar-refractivity contribution in [2.75, 3.05) is 0 Å². The van der Waals surface area contributed by atoms with Crippen LogP contribution in [0.25, 0.3) is 11.3 Å². The predicted octanol–water partition coefficient (Wildman–Crippen LogP) is 5.12. The Morgan fingerprint density at radius 3 is 2.44 bits per heavy atom. The van der Waals surface area contributed by atoms with Crippen molar-refractivity contribution in [3.8, 4) is 17.0 Å². The quantitative estimate of drug-likeness (QED) is 0.319. The topological polar surface area (TPSA) is 79.4 Å². The number of hydrogen-bond donors (Lipinski definition) is 2. The summed E-state index contributed by atoms with van der Waals surface area (Å²) in [6.07, 6.45) is 0. The molecule has 0 saturated carbocycles. The molecule has 6 nitrogen and oxygen atoms in total. The Morgan fingerprint density at radius 2 is 1.72 bits per heavy atom. The molecule has 0 aliphatic carbocycles. The molecular weight excluding hydrogens is 400 g/mol. The minimum atomic E-state index is -0.350. The summed E-state index contributed by atoms with van der Waals surface area (Å²) < 4.78 is 5.85. The van der Waals surface area contributed by atoms with E-state index in [1.807, 2.05) is 61.5 Å². The number of aromatic nitrogens is 2. The van der Waals surface area contributed by atoms with Crippen LogP contribution >= 0.6 is 0 Å². The first-order valence-electron chi connectivity index (χ1n) is 10.3. The maximum atomic E-state index is 12.4. The van der Waals surface area contributed by atoms with Crippen molar-refractivity contribution in [2.24, 2.45) is 5.10 Å². The van der Waals surface area contributed by atoms with Gasteiger partial charge in [-0.1, -0.05) is 60.2 Å². The van der Waals surface area contributed by atoms with Gasteiger partial charge in [-0.3, -0.25) is 9.89 Å². The zero-order valence-electron chi connectivity index (χ0n) is 18.0. The van der Waals surface area contributed by atoms with Crippen molar-refractivity contribution in [3.05, 3.63) is 107 Å². The minimum Gasteiger partial charge on any atom is -0.489 e. The van der Waals surface area contributed by atoms with Gasteiger partial charge in [-0.2, -0.15) is 10.2 Å². The Hall–Kier alpha value is -4.19. The van der Waals surface area contributed by atoms with E-state index >= 15 is 0 Å². The van der Waals surface area contributed by atoms with E-state index in [9.17, 15) is 4.79 Å². The van der Waals surface area contributed by atoms with Crippen molar-refractivity contribution >= 4 is 11.6 Å². The van der Waals surface area contributed by atoms with Gasteiger partial charge in [0.2, 0.25) is 0 Å². The molecule has 2 N–H and O–H groups in total. The van der Waals surface area contributed by atoms with E-state index in [1.54, 1.807) is 6.07 Å². The van der Waals surface area contributed by atoms with E-state index in [2.05, 4.69) is 51.9 Å². The van der Waals surface area contributed by atoms with Gasteiger partial charge in [-0.15, -0.1) is 0 Å². The number of nitrogens with one attached hydrogen (secondary N) is 2. The van der Waals surface area contributed by atoms with E-state index in [4.69, 9.17) is 4.74 Å². The average Bonchev–Trinajstić information content (AvgIpc) is 3.33. The van der Waals surface area contributed by atoms with Gasteiger partial charge in [0.25, 0.3) is 5.91 Å². The molecular formula is C26H24N4O2. The maximum absolute atomic E-state index is 12.4. The molecule has 0 saturated heterocycles. The standard InChI is InChI=1S/C26H24N4O2/c1-18-8-10-20(11-9-18)17-32-23-14-12-22(13-15-23)24-16-25(29-28-24)26(31)30-27-19(2)21-6-4-3-5-7-21/h3-16H,17H2,1-2H3,(H,28,29)(H,30,31)/b27-19+. The zero-order chi connectivity index (χ0) is 22.3. The summed E-state index contributed by atoms with van der Waals surface area (Å²) in [5, 5.41) is 11.2. The van der Waals surface area contributed by atoms with E-state index < -0.39 is 0 Å². The molecule has 0 aliphatic heterocycles. The van der Waals surface area contributed by atoms with Crippen LogP contribution in [-0.2, 0) is 6.61 Å². The third-order valence-corrected chi connectivity index (χ3v) is 5.02. The minimum absolute atomic E-state index is 0.337. The molecule has 160 valence electrons. The highest BCUT2D eigenvalue weighted by Crippen LogP contribution is 2.22. The first kappa shape index (κ1) is 21.1. The maximum Gasteiger partial charge on any atom is 0.289 e. The molecule has 0 radical (unpaired) electrons. The highest BCUT2D eigenvalue weighted by atomic mass is 16.5. The van der Waals surface area contributed by atoms with Crippen LogP contribution in [0, 0.1) is 6.92 Å². The van der Waals surface area contributed by atoms with Gasteiger partial charge in [0.15, 0.2) is 0 Å². The average molecular weight is 425 g/mol. The first-order chi connectivity index (χ1) is 15.6. The van der Waals surface area contributed by atoms with Crippen LogP contribution in [0.1, 0.15) is 34.1 Å². The predicted molar refractivity (Wildman–Crippen MR) is 126 cm³/mol. The summed E-state index contributed by atoms with van der Waals surface area (Å²) in [5.41, 5.74) is 8.47. The Bertz CT molecular complexity index is 1210. The number of benzene rings is 3. The van der Waals surface area contributed by atoms with Crippen molar-refractivity contribution < 1.29 is 9.53 Å². The normalized spacial score (nSPS) is 11.2. The number of aromatic amines is 1. The van der Waals surface area contributed by atoms with Crippen molar-refractivity contribution in [1.82, 2.24) is 15.6 Å². The lowest BCUT2D eigenvalue weighted by atomic mass is 10.1. The molecule has 1 aromatic heterocycles. The summed E-state index contributed by atoms with van der Waals surface area (Å²) in [7, 11) is 0. The summed E-state index contributed by atoms with van der Waals surface area (Å²) in [6, 6.07) is 27.2. The molecule has 0 bridgehead atoms. The molecule has 32 heavy (non-hydrogen) atoms. The number of nitrogens with zero attached hydrogens (tertiary/aromatic N) is 2. The summed E-state index contributed by atoms with van der Waals surface area (Å²) >= 11 is 0. The molecule has 0 fully saturated rings. The molecule has 0 unspecified atom stereocenters. The number of amides is 1. The van der Waals surface area contributed by atoms with Gasteiger partial charge in [-0.25, -0.2) is 5.43 Å². The third kappa shape index (κ3) is 5.29. The zero-order valence-corrected chi connectivity index (χ0v) is 18.0. The highest BCUT2D eigenvalue weighted by Gasteiger charge is 2.11. The van der Waals surface area contributed by atoms with Crippen LogP contribution in [0.5, 0.6) is 5.75 Å². The van der Waals surface area contributed by atoms with Gasteiger partial charge in [0.05, 0.1) is 11.4 Å². The second-order valence-electron chi connectivity index (χ2n) is 7.47. The Morgan fingerprint density at radius 1 is 1.00 bits per heavy atom. The lowest BCUT2D eigenvalue weighted by Gasteiger charge is -2.07. The van der Waals surface area contributed by atoms with Crippen LogP contribution in [0.4, 0.5) is 0 Å². The fourth-order valence-corrected chi connectivity index (χ4v) is 3.10. The van der Waals surface area contributed by atoms with Crippen molar-refractivity contribution in [3.63, 3.8) is 0 Å². The van der Waals surface area contributed by atoms with E-state index in [-0.39, 0.29) is 5.91 Å². The lowest BCUT2D eigenvalue weighted by molar-refractivity contribution is 0.0950. The number of rotatable bonds is 7. The molecule has 4 aromatic rings. The number of aryl methyl sites for hydroxylation is 1. The van der Waals surface area contributed by atoms with Crippen LogP contribution in [0.3, 0.4) is 0 Å². The molecule has 6 heteroatoms. The second-order valence-corrected chi connectivity index (χ2v) is 7.47. The van der Waals surface area contributed by atoms with Gasteiger partial charge in [-0.05, 0) is 55.3 Å². The SMILES string of the molecule is C/C(=N\NC(=O)c1cc(-c2ccc(OCc3ccc(C)cc3)cc2)n[nH]1)c1ccccc1. The molecule has 4 rings (SSSR count). The van der Waals surface area contributed by atoms with Gasteiger partial charge in [0, 0.05) is 5.56 Å². The molecule has 1 amide bonds. The Balaban J connectivity index is 1.36. The van der Waals surface area contributed by atoms with Gasteiger partial charge < -0.3 is 4.74 Å². The smallest absolute Gasteiger partial charge is 0.289 e. The van der Waals surface area contributed by atoms with Crippen LogP contribution in [-0.4, -0.2) is 21.8 Å². The second kappa shape index (κ2) is 9.75.